The van der Waals surface area contributed by atoms with Crippen molar-refractivity contribution in [3.05, 3.63) is 47.1 Å². The highest BCUT2D eigenvalue weighted by molar-refractivity contribution is 6.33. The molecule has 5 rings (SSSR count). The fourth-order valence-electron chi connectivity index (χ4n) is 4.73. The van der Waals surface area contributed by atoms with Crippen LogP contribution in [0.1, 0.15) is 61.3 Å². The molecule has 1 aliphatic carbocycles. The van der Waals surface area contributed by atoms with Crippen LogP contribution in [0.2, 0.25) is 5.02 Å². The Bertz CT molecular complexity index is 1160. The summed E-state index contributed by atoms with van der Waals surface area (Å²) < 4.78 is 1.99. The van der Waals surface area contributed by atoms with Gasteiger partial charge < -0.3 is 15.5 Å². The van der Waals surface area contributed by atoms with E-state index in [0.717, 1.165) is 36.6 Å². The highest BCUT2D eigenvalue weighted by Gasteiger charge is 2.38. The SMILES string of the molecule is CCC1c2nncn2-c2cnc(Nc3ccc(C(=O)NC)cc3Cl)nc2N1C1CCCC1. The summed E-state index contributed by atoms with van der Waals surface area (Å²) in [5.74, 6) is 2.08. The van der Waals surface area contributed by atoms with Crippen molar-refractivity contribution in [1.29, 1.82) is 0 Å². The number of halogens is 1. The van der Waals surface area contributed by atoms with Gasteiger partial charge in [-0.3, -0.25) is 9.36 Å². The summed E-state index contributed by atoms with van der Waals surface area (Å²) in [5.41, 5.74) is 2.01. The fourth-order valence-corrected chi connectivity index (χ4v) is 4.95. The molecule has 0 spiro atoms. The van der Waals surface area contributed by atoms with Crippen LogP contribution in [0, 0.1) is 0 Å². The molecular formula is C22H25ClN8O. The van der Waals surface area contributed by atoms with Crippen molar-refractivity contribution in [2.45, 2.75) is 51.1 Å². The zero-order chi connectivity index (χ0) is 22.2. The summed E-state index contributed by atoms with van der Waals surface area (Å²) in [5, 5.41) is 14.8. The highest BCUT2D eigenvalue weighted by Crippen LogP contribution is 2.42. The summed E-state index contributed by atoms with van der Waals surface area (Å²) in [4.78, 5) is 23.7. The van der Waals surface area contributed by atoms with Gasteiger partial charge in [-0.2, -0.15) is 4.98 Å². The van der Waals surface area contributed by atoms with Crippen LogP contribution in [0.15, 0.2) is 30.7 Å². The highest BCUT2D eigenvalue weighted by atomic mass is 35.5. The van der Waals surface area contributed by atoms with Gasteiger partial charge in [-0.15, -0.1) is 10.2 Å². The van der Waals surface area contributed by atoms with Crippen LogP contribution in [0.4, 0.5) is 17.5 Å². The maximum Gasteiger partial charge on any atom is 0.251 e. The summed E-state index contributed by atoms with van der Waals surface area (Å²) in [6, 6.07) is 5.64. The third-order valence-corrected chi connectivity index (χ3v) is 6.58. The molecular weight excluding hydrogens is 428 g/mol. The van der Waals surface area contributed by atoms with Crippen LogP contribution in [0.3, 0.4) is 0 Å². The monoisotopic (exact) mass is 452 g/mol. The second-order valence-corrected chi connectivity index (χ2v) is 8.54. The van der Waals surface area contributed by atoms with Crippen LogP contribution in [0.25, 0.3) is 5.69 Å². The van der Waals surface area contributed by atoms with E-state index in [1.54, 1.807) is 37.8 Å². The third kappa shape index (κ3) is 3.46. The minimum absolute atomic E-state index is 0.117. The van der Waals surface area contributed by atoms with Crippen LogP contribution in [-0.2, 0) is 0 Å². The first kappa shape index (κ1) is 20.7. The molecule has 9 nitrogen and oxygen atoms in total. The number of rotatable bonds is 5. The predicted molar refractivity (Wildman–Crippen MR) is 123 cm³/mol. The van der Waals surface area contributed by atoms with Gasteiger partial charge in [0.15, 0.2) is 11.6 Å². The van der Waals surface area contributed by atoms with Gasteiger partial charge in [0, 0.05) is 18.7 Å². The lowest BCUT2D eigenvalue weighted by atomic mass is 10.0. The molecule has 166 valence electrons. The van der Waals surface area contributed by atoms with Gasteiger partial charge in [-0.25, -0.2) is 4.98 Å². The van der Waals surface area contributed by atoms with E-state index in [9.17, 15) is 4.79 Å². The van der Waals surface area contributed by atoms with Gasteiger partial charge in [0.25, 0.3) is 5.91 Å². The van der Waals surface area contributed by atoms with E-state index in [4.69, 9.17) is 16.6 Å². The van der Waals surface area contributed by atoms with Gasteiger partial charge in [0.1, 0.15) is 12.0 Å². The number of hydrogen-bond donors (Lipinski definition) is 2. The largest absolute Gasteiger partial charge is 0.355 e. The molecule has 3 heterocycles. The molecule has 1 atom stereocenters. The average Bonchev–Trinajstić information content (AvgIpc) is 3.51. The molecule has 1 saturated carbocycles. The Morgan fingerprint density at radius 1 is 1.28 bits per heavy atom. The van der Waals surface area contributed by atoms with E-state index in [1.165, 1.54) is 12.8 Å². The summed E-state index contributed by atoms with van der Waals surface area (Å²) in [7, 11) is 1.59. The van der Waals surface area contributed by atoms with E-state index in [2.05, 4.69) is 37.6 Å². The van der Waals surface area contributed by atoms with Crippen molar-refractivity contribution >= 4 is 35.0 Å². The molecule has 0 radical (unpaired) electrons. The topological polar surface area (TPSA) is 101 Å². The van der Waals surface area contributed by atoms with Crippen LogP contribution in [0.5, 0.6) is 0 Å². The van der Waals surface area contributed by atoms with Crippen LogP contribution < -0.4 is 15.5 Å². The van der Waals surface area contributed by atoms with E-state index in [-0.39, 0.29) is 11.9 Å². The van der Waals surface area contributed by atoms with E-state index in [0.29, 0.717) is 28.3 Å². The average molecular weight is 453 g/mol. The summed E-state index contributed by atoms with van der Waals surface area (Å²) in [6.45, 7) is 2.17. The van der Waals surface area contributed by atoms with E-state index >= 15 is 0 Å². The molecule has 1 aromatic carbocycles. The molecule has 32 heavy (non-hydrogen) atoms. The maximum absolute atomic E-state index is 11.9. The number of nitrogens with zero attached hydrogens (tertiary/aromatic N) is 6. The molecule has 0 saturated heterocycles. The second-order valence-electron chi connectivity index (χ2n) is 8.13. The Balaban J connectivity index is 1.53. The van der Waals surface area contributed by atoms with Crippen molar-refractivity contribution < 1.29 is 4.79 Å². The zero-order valence-electron chi connectivity index (χ0n) is 18.0. The molecule has 0 bridgehead atoms. The molecule has 1 unspecified atom stereocenters. The lowest BCUT2D eigenvalue weighted by Crippen LogP contribution is -2.42. The predicted octanol–water partition coefficient (Wildman–Crippen LogP) is 4.03. The Kier molecular flexibility index (Phi) is 5.42. The quantitative estimate of drug-likeness (QED) is 0.602. The Hall–Kier alpha value is -3.20. The molecule has 3 aromatic rings. The number of nitrogens with one attached hydrogen (secondary N) is 2. The van der Waals surface area contributed by atoms with Gasteiger partial charge in [-0.05, 0) is 37.5 Å². The molecule has 10 heteroatoms. The van der Waals surface area contributed by atoms with Gasteiger partial charge in [0.05, 0.1) is 22.9 Å². The third-order valence-electron chi connectivity index (χ3n) is 6.27. The number of carbonyl (C=O) groups excluding carboxylic acids is 1. The first-order chi connectivity index (χ1) is 15.6. The van der Waals surface area contributed by atoms with Crippen molar-refractivity contribution in [3.63, 3.8) is 0 Å². The molecule has 2 N–H and O–H groups in total. The Labute approximate surface area is 191 Å². The minimum atomic E-state index is -0.189. The van der Waals surface area contributed by atoms with Gasteiger partial charge in [0.2, 0.25) is 5.95 Å². The lowest BCUT2D eigenvalue weighted by Gasteiger charge is -2.40. The molecule has 2 aromatic heterocycles. The first-order valence-electron chi connectivity index (χ1n) is 10.9. The summed E-state index contributed by atoms with van der Waals surface area (Å²) in [6.07, 6.45) is 9.18. The number of anilines is 3. The molecule has 1 aliphatic heterocycles. The summed E-state index contributed by atoms with van der Waals surface area (Å²) >= 11 is 6.42. The Morgan fingerprint density at radius 2 is 2.09 bits per heavy atom. The number of aromatic nitrogens is 5. The van der Waals surface area contributed by atoms with Crippen molar-refractivity contribution in [1.82, 2.24) is 30.0 Å². The normalized spacial score (nSPS) is 17.7. The van der Waals surface area contributed by atoms with Crippen molar-refractivity contribution in [3.8, 4) is 5.69 Å². The van der Waals surface area contributed by atoms with Gasteiger partial charge >= 0.3 is 0 Å². The molecule has 1 fully saturated rings. The van der Waals surface area contributed by atoms with E-state index < -0.39 is 0 Å². The fraction of sp³-hybridized carbons (Fsp3) is 0.409. The lowest BCUT2D eigenvalue weighted by molar-refractivity contribution is 0.0963. The maximum atomic E-state index is 11.9. The molecule has 1 amide bonds. The van der Waals surface area contributed by atoms with Crippen molar-refractivity contribution in [2.24, 2.45) is 0 Å². The second kappa shape index (κ2) is 8.38. The first-order valence-corrected chi connectivity index (χ1v) is 11.3. The smallest absolute Gasteiger partial charge is 0.251 e. The Morgan fingerprint density at radius 3 is 2.81 bits per heavy atom. The van der Waals surface area contributed by atoms with Gasteiger partial charge in [-0.1, -0.05) is 31.4 Å². The van der Waals surface area contributed by atoms with Crippen LogP contribution >= 0.6 is 11.6 Å². The molecule has 2 aliphatic rings. The van der Waals surface area contributed by atoms with Crippen molar-refractivity contribution in [2.75, 3.05) is 17.3 Å². The standard InChI is InChI=1S/C22H25ClN8O/c1-3-17-20-29-26-12-30(20)18-11-25-22(28-19(18)31(17)14-6-4-5-7-14)27-16-9-8-13(10-15(16)23)21(32)24-2/h8-12,14,17H,3-7H2,1-2H3,(H,24,32)(H,25,27,28). The minimum Gasteiger partial charge on any atom is -0.355 e. The number of hydrogen-bond acceptors (Lipinski definition) is 7. The zero-order valence-corrected chi connectivity index (χ0v) is 18.8. The van der Waals surface area contributed by atoms with Crippen LogP contribution in [-0.4, -0.2) is 43.7 Å². The number of amides is 1. The number of benzene rings is 1. The van der Waals surface area contributed by atoms with E-state index in [1.807, 2.05) is 4.57 Å². The number of fused-ring (bicyclic) bond motifs is 3. The number of carbonyl (C=O) groups is 1.